The number of piperidine rings is 1. The van der Waals surface area contributed by atoms with Crippen molar-refractivity contribution in [3.8, 4) is 0 Å². The Balaban J connectivity index is 2.98. The third-order valence-corrected chi connectivity index (χ3v) is 2.90. The van der Waals surface area contributed by atoms with Gasteiger partial charge < -0.3 is 0 Å². The van der Waals surface area contributed by atoms with Gasteiger partial charge in [0, 0.05) is 0 Å². The number of hydrogen-bond acceptors (Lipinski definition) is 1. The Morgan fingerprint density at radius 1 is 1.15 bits per heavy atom. The van der Waals surface area contributed by atoms with Crippen LogP contribution < -0.4 is 0 Å². The van der Waals surface area contributed by atoms with E-state index in [1.54, 1.807) is 0 Å². The van der Waals surface area contributed by atoms with Crippen LogP contribution in [0.25, 0.3) is 0 Å². The average Bonchev–Trinajstić information content (AvgIpc) is 1.79. The summed E-state index contributed by atoms with van der Waals surface area (Å²) in [5, 5.41) is 10.6. The molecule has 0 aliphatic carbocycles. The smallest absolute Gasteiger partial charge is 0.219 e. The Kier molecular flexibility index (Phi) is 2.26. The van der Waals surface area contributed by atoms with Crippen LogP contribution in [0, 0.1) is 4.91 Å². The van der Waals surface area contributed by atoms with E-state index in [4.69, 9.17) is 5.21 Å². The van der Waals surface area contributed by atoms with Crippen molar-refractivity contribution in [1.29, 1.82) is 0 Å². The van der Waals surface area contributed by atoms with Crippen molar-refractivity contribution in [2.75, 3.05) is 0 Å². The molecule has 0 amide bonds. The summed E-state index contributed by atoms with van der Waals surface area (Å²) in [4.78, 5) is 11.0. The van der Waals surface area contributed by atoms with Gasteiger partial charge in [0.15, 0.2) is 0 Å². The molecule has 1 N–H and O–H groups in total. The van der Waals surface area contributed by atoms with E-state index < -0.39 is 0 Å². The molecule has 0 aromatic carbocycles. The molecule has 0 unspecified atom stereocenters. The number of nitrogens with zero attached hydrogens (tertiary/aromatic N) is 2. The van der Waals surface area contributed by atoms with Crippen LogP contribution in [0.4, 0.5) is 0 Å². The molecule has 1 heterocycles. The Labute approximate surface area is 79.0 Å². The molecular weight excluding hydrogens is 168 g/mol. The highest BCUT2D eigenvalue weighted by Gasteiger charge is 2.50. The molecule has 0 aromatic rings. The van der Waals surface area contributed by atoms with Crippen LogP contribution in [0.5, 0.6) is 0 Å². The van der Waals surface area contributed by atoms with Crippen LogP contribution in [-0.4, -0.2) is 26.3 Å². The zero-order valence-electron chi connectivity index (χ0n) is 8.87. The van der Waals surface area contributed by atoms with E-state index in [1.165, 1.54) is 5.01 Å². The Bertz CT molecular complexity index is 208. The fraction of sp³-hybridized carbons (Fsp3) is 1.00. The normalized spacial score (nSPS) is 25.7. The second kappa shape index (κ2) is 2.86. The molecule has 1 rings (SSSR count). The quantitative estimate of drug-likeness (QED) is 0.639. The summed E-state index contributed by atoms with van der Waals surface area (Å²) in [5.41, 5.74) is -0.503. The highest BCUT2D eigenvalue weighted by atomic mass is 16.7. The third-order valence-electron chi connectivity index (χ3n) is 2.90. The molecule has 13 heavy (non-hydrogen) atoms. The monoisotopic (exact) mass is 187 g/mol. The lowest BCUT2D eigenvalue weighted by atomic mass is 9.82. The molecule has 4 heteroatoms. The van der Waals surface area contributed by atoms with Crippen LogP contribution >= 0.6 is 0 Å². The zero-order valence-corrected chi connectivity index (χ0v) is 8.87. The van der Waals surface area contributed by atoms with Gasteiger partial charge in [0.05, 0.1) is 11.1 Å². The number of rotatable bonds is 1. The van der Waals surface area contributed by atoms with Crippen LogP contribution in [0.15, 0.2) is 0 Å². The van der Waals surface area contributed by atoms with Gasteiger partial charge in [-0.3, -0.25) is 0 Å². The third kappa shape index (κ3) is 1.76. The van der Waals surface area contributed by atoms with Crippen molar-refractivity contribution in [3.05, 3.63) is 4.91 Å². The highest BCUT2D eigenvalue weighted by molar-refractivity contribution is 4.91. The maximum atomic E-state index is 11.0. The van der Waals surface area contributed by atoms with Crippen molar-refractivity contribution in [2.45, 2.75) is 58.0 Å². The Hall–Kier alpha value is -0.800. The molecule has 1 fully saturated rings. The molecule has 4 nitrogen and oxygen atoms in total. The van der Waals surface area contributed by atoms with Gasteiger partial charge >= 0.3 is 5.03 Å². The number of hydrazine groups is 1. The minimum atomic E-state index is -0.252. The molecule has 1 saturated heterocycles. The first-order valence-electron chi connectivity index (χ1n) is 4.74. The largest absolute Gasteiger partial charge is 0.358 e. The van der Waals surface area contributed by atoms with Gasteiger partial charge in [0.2, 0.25) is 0 Å². The molecule has 0 bridgehead atoms. The van der Waals surface area contributed by atoms with Crippen molar-refractivity contribution < 1.29 is 10.2 Å². The van der Waals surface area contributed by atoms with Crippen LogP contribution in [0.3, 0.4) is 0 Å². The van der Waals surface area contributed by atoms with Crippen LogP contribution in [-0.2, 0) is 0 Å². The summed E-state index contributed by atoms with van der Waals surface area (Å²) in [7, 11) is 0. The lowest BCUT2D eigenvalue weighted by molar-refractivity contribution is -0.922. The first-order valence-corrected chi connectivity index (χ1v) is 4.74. The summed E-state index contributed by atoms with van der Waals surface area (Å²) in [5.74, 6) is 0. The maximum absolute atomic E-state index is 11.0. The van der Waals surface area contributed by atoms with E-state index >= 15 is 0 Å². The first-order chi connectivity index (χ1) is 5.77. The van der Waals surface area contributed by atoms with E-state index in [-0.39, 0.29) is 16.1 Å². The molecule has 0 spiro atoms. The zero-order chi connectivity index (χ0) is 10.3. The lowest BCUT2D eigenvalue weighted by Crippen LogP contribution is -2.61. The minimum absolute atomic E-state index is 0.000833. The van der Waals surface area contributed by atoms with Crippen LogP contribution in [0.1, 0.15) is 47.0 Å². The SMILES string of the molecule is CC1(C)CCCC(C)(C)N1[N+](=O)O. The molecule has 0 radical (unpaired) electrons. The van der Waals surface area contributed by atoms with Gasteiger partial charge in [-0.25, -0.2) is 5.21 Å². The van der Waals surface area contributed by atoms with Gasteiger partial charge in [-0.1, -0.05) is 5.01 Å². The van der Waals surface area contributed by atoms with Crippen molar-refractivity contribution in [2.24, 2.45) is 0 Å². The summed E-state index contributed by atoms with van der Waals surface area (Å²) in [6, 6.07) is 0. The maximum Gasteiger partial charge on any atom is 0.358 e. The van der Waals surface area contributed by atoms with Gasteiger partial charge in [0.1, 0.15) is 4.91 Å². The second-order valence-corrected chi connectivity index (χ2v) is 5.04. The summed E-state index contributed by atoms with van der Waals surface area (Å²) in [6.07, 6.45) is 2.98. The summed E-state index contributed by atoms with van der Waals surface area (Å²) in [6.45, 7) is 7.92. The average molecular weight is 187 g/mol. The van der Waals surface area contributed by atoms with Gasteiger partial charge in [-0.2, -0.15) is 0 Å². The fourth-order valence-electron chi connectivity index (χ4n) is 2.45. The molecule has 0 atom stereocenters. The topological polar surface area (TPSA) is 43.5 Å². The van der Waals surface area contributed by atoms with E-state index in [2.05, 4.69) is 0 Å². The van der Waals surface area contributed by atoms with Gasteiger partial charge in [-0.15, -0.1) is 0 Å². The van der Waals surface area contributed by atoms with Crippen molar-refractivity contribution >= 4 is 0 Å². The summed E-state index contributed by atoms with van der Waals surface area (Å²) < 4.78 is 0. The second-order valence-electron chi connectivity index (χ2n) is 5.04. The molecule has 1 aliphatic heterocycles. The predicted molar refractivity (Wildman–Crippen MR) is 49.3 cm³/mol. The van der Waals surface area contributed by atoms with E-state index in [0.717, 1.165) is 19.3 Å². The molecular formula is C9H19N2O2+. The fourth-order valence-corrected chi connectivity index (χ4v) is 2.45. The van der Waals surface area contributed by atoms with Crippen LogP contribution in [0.2, 0.25) is 0 Å². The minimum Gasteiger partial charge on any atom is -0.219 e. The Morgan fingerprint density at radius 3 is 1.77 bits per heavy atom. The predicted octanol–water partition coefficient (Wildman–Crippen LogP) is 2.11. The van der Waals surface area contributed by atoms with Crippen molar-refractivity contribution in [3.63, 3.8) is 0 Å². The molecule has 76 valence electrons. The molecule has 0 aromatic heterocycles. The highest BCUT2D eigenvalue weighted by Crippen LogP contribution is 2.37. The summed E-state index contributed by atoms with van der Waals surface area (Å²) >= 11 is 0. The number of hydrogen-bond donors (Lipinski definition) is 1. The standard InChI is InChI=1S/C9H19N2O2/c1-8(2)6-5-7-9(3,4)10(8)11(12)13/h5-7H2,1-4H3,(H,12,13)/q+1. The van der Waals surface area contributed by atoms with Crippen molar-refractivity contribution in [1.82, 2.24) is 5.01 Å². The van der Waals surface area contributed by atoms with Gasteiger partial charge in [0.25, 0.3) is 0 Å². The lowest BCUT2D eigenvalue weighted by Gasteiger charge is -2.43. The van der Waals surface area contributed by atoms with E-state index in [0.29, 0.717) is 0 Å². The molecule has 0 saturated carbocycles. The first kappa shape index (κ1) is 10.3. The molecule has 1 aliphatic rings. The Morgan fingerprint density at radius 2 is 1.54 bits per heavy atom. The van der Waals surface area contributed by atoms with Gasteiger partial charge in [-0.05, 0) is 47.0 Å². The van der Waals surface area contributed by atoms with E-state index in [9.17, 15) is 4.91 Å². The van der Waals surface area contributed by atoms with E-state index in [1.807, 2.05) is 27.7 Å².